The van der Waals surface area contributed by atoms with E-state index in [1.807, 2.05) is 0 Å². The molecule has 2 unspecified atom stereocenters. The van der Waals surface area contributed by atoms with E-state index in [1.165, 1.54) is 13.2 Å². The number of halogens is 4. The largest absolute Gasteiger partial charge is 0.497 e. The number of rotatable bonds is 5. The summed E-state index contributed by atoms with van der Waals surface area (Å²) in [4.78, 5) is 0. The van der Waals surface area contributed by atoms with Gasteiger partial charge < -0.3 is 14.9 Å². The summed E-state index contributed by atoms with van der Waals surface area (Å²) in [6, 6.07) is 2.93. The van der Waals surface area contributed by atoms with E-state index in [4.69, 9.17) is 4.74 Å². The summed E-state index contributed by atoms with van der Waals surface area (Å²) in [5, 5.41) is 19.9. The third-order valence-corrected chi connectivity index (χ3v) is 3.06. The molecule has 108 valence electrons. The number of methoxy groups -OCH3 is 1. The maximum absolute atomic E-state index is 12.7. The number of alkyl halides is 4. The number of ether oxygens (including phenoxy) is 1. The maximum atomic E-state index is 12.7. The lowest BCUT2D eigenvalue weighted by Gasteiger charge is -2.19. The number of hydrogen-bond donors (Lipinski definition) is 2. The highest BCUT2D eigenvalue weighted by Crippen LogP contribution is 2.34. The van der Waals surface area contributed by atoms with Crippen molar-refractivity contribution in [3.05, 3.63) is 29.3 Å². The molecule has 1 rings (SSSR count). The van der Waals surface area contributed by atoms with Crippen LogP contribution in [-0.2, 0) is 6.18 Å². The van der Waals surface area contributed by atoms with Crippen LogP contribution in [-0.4, -0.2) is 28.8 Å². The Hall–Kier alpha value is -0.790. The standard InChI is InChI=1S/C12H14BrF3O3/c1-19-9-5-7(11(18)10(17)2-3-13)4-8(6-9)12(14,15)16/h4-6,10-11,17-18H,2-3H2,1H3. The van der Waals surface area contributed by atoms with Crippen LogP contribution in [0, 0.1) is 0 Å². The highest BCUT2D eigenvalue weighted by Gasteiger charge is 2.32. The van der Waals surface area contributed by atoms with Crippen LogP contribution < -0.4 is 4.74 Å². The molecule has 0 aliphatic heterocycles. The summed E-state index contributed by atoms with van der Waals surface area (Å²) in [5.41, 5.74) is -0.952. The van der Waals surface area contributed by atoms with E-state index in [0.29, 0.717) is 5.33 Å². The molecule has 0 saturated carbocycles. The van der Waals surface area contributed by atoms with Gasteiger partial charge in [-0.25, -0.2) is 0 Å². The number of benzene rings is 1. The number of aliphatic hydroxyl groups excluding tert-OH is 2. The summed E-state index contributed by atoms with van der Waals surface area (Å²) in [6.45, 7) is 0. The van der Waals surface area contributed by atoms with Crippen LogP contribution in [0.5, 0.6) is 5.75 Å². The fourth-order valence-corrected chi connectivity index (χ4v) is 2.04. The summed E-state index contributed by atoms with van der Waals surface area (Å²) >= 11 is 3.09. The van der Waals surface area contributed by atoms with Gasteiger partial charge in [-0.3, -0.25) is 0 Å². The molecular weight excluding hydrogens is 329 g/mol. The Morgan fingerprint density at radius 3 is 2.37 bits per heavy atom. The molecule has 2 N–H and O–H groups in total. The Bertz CT molecular complexity index is 423. The third kappa shape index (κ3) is 4.36. The van der Waals surface area contributed by atoms with Crippen molar-refractivity contribution < 1.29 is 28.1 Å². The zero-order valence-corrected chi connectivity index (χ0v) is 11.7. The van der Waals surface area contributed by atoms with Crippen LogP contribution in [0.2, 0.25) is 0 Å². The molecule has 0 bridgehead atoms. The van der Waals surface area contributed by atoms with Gasteiger partial charge in [-0.1, -0.05) is 15.9 Å². The van der Waals surface area contributed by atoms with Gasteiger partial charge in [0.05, 0.1) is 18.8 Å². The second-order valence-electron chi connectivity index (χ2n) is 3.98. The van der Waals surface area contributed by atoms with Crippen LogP contribution in [0.1, 0.15) is 23.7 Å². The molecule has 0 aliphatic rings. The van der Waals surface area contributed by atoms with Crippen LogP contribution >= 0.6 is 15.9 Å². The van der Waals surface area contributed by atoms with Crippen molar-refractivity contribution >= 4 is 15.9 Å². The van der Waals surface area contributed by atoms with Crippen molar-refractivity contribution in [2.24, 2.45) is 0 Å². The number of aliphatic hydroxyl groups is 2. The lowest BCUT2D eigenvalue weighted by atomic mass is 10.00. The van der Waals surface area contributed by atoms with E-state index in [1.54, 1.807) is 0 Å². The molecule has 0 radical (unpaired) electrons. The zero-order chi connectivity index (χ0) is 14.6. The molecule has 3 nitrogen and oxygen atoms in total. The van der Waals surface area contributed by atoms with Gasteiger partial charge in [0.1, 0.15) is 11.9 Å². The quantitative estimate of drug-likeness (QED) is 0.809. The molecule has 0 aromatic heterocycles. The van der Waals surface area contributed by atoms with Gasteiger partial charge in [0.2, 0.25) is 0 Å². The Kier molecular flexibility index (Phi) is 5.64. The Labute approximate surface area is 117 Å². The molecule has 0 aliphatic carbocycles. The van der Waals surface area contributed by atoms with Gasteiger partial charge in [-0.05, 0) is 30.2 Å². The first-order valence-electron chi connectivity index (χ1n) is 5.48. The minimum absolute atomic E-state index is 0.0186. The second kappa shape index (κ2) is 6.58. The lowest BCUT2D eigenvalue weighted by Crippen LogP contribution is -2.19. The van der Waals surface area contributed by atoms with E-state index in [2.05, 4.69) is 15.9 Å². The van der Waals surface area contributed by atoms with E-state index >= 15 is 0 Å². The topological polar surface area (TPSA) is 49.7 Å². The minimum atomic E-state index is -4.54. The molecule has 1 aromatic rings. The SMILES string of the molecule is COc1cc(C(O)C(O)CCBr)cc(C(F)(F)F)c1. The molecule has 7 heteroatoms. The van der Waals surface area contributed by atoms with E-state index in [0.717, 1.165) is 12.1 Å². The predicted molar refractivity (Wildman–Crippen MR) is 67.4 cm³/mol. The van der Waals surface area contributed by atoms with Gasteiger partial charge in [0, 0.05) is 5.33 Å². The predicted octanol–water partition coefficient (Wildman–Crippen LogP) is 2.89. The summed E-state index contributed by atoms with van der Waals surface area (Å²) in [6.07, 6.45) is -6.86. The van der Waals surface area contributed by atoms with E-state index in [9.17, 15) is 23.4 Å². The smallest absolute Gasteiger partial charge is 0.416 e. The van der Waals surface area contributed by atoms with Crippen LogP contribution in [0.15, 0.2) is 18.2 Å². The van der Waals surface area contributed by atoms with Crippen molar-refractivity contribution in [2.75, 3.05) is 12.4 Å². The average molecular weight is 343 g/mol. The molecule has 1 aromatic carbocycles. The van der Waals surface area contributed by atoms with Crippen molar-refractivity contribution in [1.29, 1.82) is 0 Å². The van der Waals surface area contributed by atoms with Gasteiger partial charge in [0.15, 0.2) is 0 Å². The van der Waals surface area contributed by atoms with Crippen LogP contribution in [0.3, 0.4) is 0 Å². The molecule has 19 heavy (non-hydrogen) atoms. The first kappa shape index (κ1) is 16.3. The average Bonchev–Trinajstić information content (AvgIpc) is 2.36. The molecule has 0 saturated heterocycles. The second-order valence-corrected chi connectivity index (χ2v) is 4.78. The fraction of sp³-hybridized carbons (Fsp3) is 0.500. The lowest BCUT2D eigenvalue weighted by molar-refractivity contribution is -0.137. The maximum Gasteiger partial charge on any atom is 0.416 e. The fourth-order valence-electron chi connectivity index (χ4n) is 1.57. The highest BCUT2D eigenvalue weighted by molar-refractivity contribution is 9.09. The Morgan fingerprint density at radius 1 is 1.26 bits per heavy atom. The first-order chi connectivity index (χ1) is 8.79. The van der Waals surface area contributed by atoms with Crippen LogP contribution in [0.25, 0.3) is 0 Å². The molecule has 2 atom stereocenters. The van der Waals surface area contributed by atoms with Crippen molar-refractivity contribution in [2.45, 2.75) is 24.8 Å². The zero-order valence-electron chi connectivity index (χ0n) is 10.1. The minimum Gasteiger partial charge on any atom is -0.497 e. The molecular formula is C12H14BrF3O3. The molecule has 0 heterocycles. The molecule has 0 amide bonds. The Balaban J connectivity index is 3.13. The monoisotopic (exact) mass is 342 g/mol. The highest BCUT2D eigenvalue weighted by atomic mass is 79.9. The van der Waals surface area contributed by atoms with E-state index < -0.39 is 23.9 Å². The summed E-state index contributed by atoms with van der Waals surface area (Å²) in [7, 11) is 1.24. The van der Waals surface area contributed by atoms with Crippen molar-refractivity contribution in [3.8, 4) is 5.75 Å². The third-order valence-electron chi connectivity index (χ3n) is 2.60. The van der Waals surface area contributed by atoms with Gasteiger partial charge in [0.25, 0.3) is 0 Å². The normalized spacial score (nSPS) is 15.1. The van der Waals surface area contributed by atoms with E-state index in [-0.39, 0.29) is 17.7 Å². The van der Waals surface area contributed by atoms with Gasteiger partial charge in [-0.2, -0.15) is 13.2 Å². The van der Waals surface area contributed by atoms with Gasteiger partial charge in [-0.15, -0.1) is 0 Å². The molecule has 0 spiro atoms. The summed E-state index contributed by atoms with van der Waals surface area (Å²) in [5.74, 6) is -0.0186. The van der Waals surface area contributed by atoms with Crippen molar-refractivity contribution in [1.82, 2.24) is 0 Å². The first-order valence-corrected chi connectivity index (χ1v) is 6.60. The van der Waals surface area contributed by atoms with Crippen LogP contribution in [0.4, 0.5) is 13.2 Å². The number of hydrogen-bond acceptors (Lipinski definition) is 3. The van der Waals surface area contributed by atoms with Gasteiger partial charge >= 0.3 is 6.18 Å². The van der Waals surface area contributed by atoms with Crippen molar-refractivity contribution in [3.63, 3.8) is 0 Å². The Morgan fingerprint density at radius 2 is 1.89 bits per heavy atom. The summed E-state index contributed by atoms with van der Waals surface area (Å²) < 4.78 is 42.8. The molecule has 0 fully saturated rings.